The molecule has 0 unspecified atom stereocenters. The van der Waals surface area contributed by atoms with Gasteiger partial charge in [0.25, 0.3) is 0 Å². The number of aryl methyl sites for hydroxylation is 1. The molecule has 5 heteroatoms. The zero-order chi connectivity index (χ0) is 16.2. The van der Waals surface area contributed by atoms with Gasteiger partial charge in [0.05, 0.1) is 11.3 Å². The molecule has 0 amide bonds. The summed E-state index contributed by atoms with van der Waals surface area (Å²) in [5.41, 5.74) is 3.33. The summed E-state index contributed by atoms with van der Waals surface area (Å²) in [6, 6.07) is 18.3. The van der Waals surface area contributed by atoms with Gasteiger partial charge in [0.2, 0.25) is 5.88 Å². The first-order chi connectivity index (χ1) is 11.1. The highest BCUT2D eigenvalue weighted by Gasteiger charge is 2.10. The van der Waals surface area contributed by atoms with E-state index in [9.17, 15) is 4.79 Å². The monoisotopic (exact) mass is 368 g/mol. The Bertz CT molecular complexity index is 813. The quantitative estimate of drug-likeness (QED) is 0.641. The Kier molecular flexibility index (Phi) is 4.48. The van der Waals surface area contributed by atoms with Gasteiger partial charge in [-0.1, -0.05) is 45.8 Å². The van der Waals surface area contributed by atoms with E-state index in [0.717, 1.165) is 15.7 Å². The molecule has 3 rings (SSSR count). The molecule has 0 saturated heterocycles. The van der Waals surface area contributed by atoms with Crippen molar-refractivity contribution in [1.29, 1.82) is 0 Å². The van der Waals surface area contributed by atoms with Crippen molar-refractivity contribution in [2.24, 2.45) is 0 Å². The van der Waals surface area contributed by atoms with Gasteiger partial charge >= 0.3 is 5.97 Å². The summed E-state index contributed by atoms with van der Waals surface area (Å²) in [4.78, 5) is 12.0. The smallest absolute Gasteiger partial charge is 0.344 e. The van der Waals surface area contributed by atoms with Gasteiger partial charge in [-0.25, -0.2) is 4.79 Å². The van der Waals surface area contributed by atoms with Gasteiger partial charge < -0.3 is 4.74 Å². The molecule has 0 radical (unpaired) electrons. The molecule has 0 spiro atoms. The molecular formula is C18H13BrN2O2. The average Bonchev–Trinajstić information content (AvgIpc) is 2.57. The molecule has 0 bridgehead atoms. The number of carbonyl (C=O) groups excluding carboxylic acids is 1. The van der Waals surface area contributed by atoms with Crippen molar-refractivity contribution in [3.05, 3.63) is 76.3 Å². The second-order valence-electron chi connectivity index (χ2n) is 5.02. The molecule has 0 fully saturated rings. The van der Waals surface area contributed by atoms with Crippen LogP contribution in [0.1, 0.15) is 15.9 Å². The number of aromatic nitrogens is 2. The Hall–Kier alpha value is -2.53. The predicted molar refractivity (Wildman–Crippen MR) is 91.3 cm³/mol. The van der Waals surface area contributed by atoms with E-state index in [1.165, 1.54) is 5.56 Å². The van der Waals surface area contributed by atoms with Crippen molar-refractivity contribution in [2.45, 2.75) is 6.92 Å². The largest absolute Gasteiger partial charge is 0.402 e. The summed E-state index contributed by atoms with van der Waals surface area (Å²) in [5, 5.41) is 8.06. The fourth-order valence-corrected chi connectivity index (χ4v) is 2.26. The Labute approximate surface area is 142 Å². The number of ether oxygens (including phenoxy) is 1. The third kappa shape index (κ3) is 3.81. The first kappa shape index (κ1) is 15.4. The maximum atomic E-state index is 12.0. The lowest BCUT2D eigenvalue weighted by atomic mass is 10.1. The maximum Gasteiger partial charge on any atom is 0.344 e. The van der Waals surface area contributed by atoms with Crippen LogP contribution in [0.15, 0.2) is 65.1 Å². The number of rotatable bonds is 3. The first-order valence-corrected chi connectivity index (χ1v) is 7.79. The lowest BCUT2D eigenvalue weighted by molar-refractivity contribution is 0.0726. The molecule has 0 aliphatic heterocycles. The number of esters is 1. The van der Waals surface area contributed by atoms with E-state index in [1.807, 2.05) is 31.2 Å². The molecule has 1 aromatic heterocycles. The molecule has 23 heavy (non-hydrogen) atoms. The zero-order valence-corrected chi connectivity index (χ0v) is 13.9. The predicted octanol–water partition coefficient (Wildman–Crippen LogP) is 4.43. The van der Waals surface area contributed by atoms with Crippen molar-refractivity contribution in [3.63, 3.8) is 0 Å². The van der Waals surface area contributed by atoms with Gasteiger partial charge in [0.1, 0.15) is 0 Å². The molecule has 114 valence electrons. The summed E-state index contributed by atoms with van der Waals surface area (Å²) >= 11 is 3.32. The van der Waals surface area contributed by atoms with Crippen molar-refractivity contribution in [2.75, 3.05) is 0 Å². The molecule has 0 saturated carbocycles. The maximum absolute atomic E-state index is 12.0. The van der Waals surface area contributed by atoms with Crippen molar-refractivity contribution >= 4 is 21.9 Å². The molecule has 1 heterocycles. The standard InChI is InChI=1S/C18H13BrN2O2/c1-12-2-4-13(5-3-12)16-10-11-17(21-20-16)23-18(22)14-6-8-15(19)9-7-14/h2-11H,1H3. The SMILES string of the molecule is Cc1ccc(-c2ccc(OC(=O)c3ccc(Br)cc3)nn2)cc1. The van der Waals surface area contributed by atoms with E-state index >= 15 is 0 Å². The molecular weight excluding hydrogens is 356 g/mol. The molecule has 0 atom stereocenters. The van der Waals surface area contributed by atoms with Gasteiger partial charge in [-0.2, -0.15) is 0 Å². The fraction of sp³-hybridized carbons (Fsp3) is 0.0556. The van der Waals surface area contributed by atoms with Crippen LogP contribution in [0.5, 0.6) is 5.88 Å². The van der Waals surface area contributed by atoms with Crippen LogP contribution in [0.2, 0.25) is 0 Å². The van der Waals surface area contributed by atoms with Gasteiger partial charge in [0.15, 0.2) is 0 Å². The first-order valence-electron chi connectivity index (χ1n) is 7.00. The summed E-state index contributed by atoms with van der Waals surface area (Å²) in [6.45, 7) is 2.03. The lowest BCUT2D eigenvalue weighted by Crippen LogP contribution is -2.09. The van der Waals surface area contributed by atoms with Crippen LogP contribution in [0.3, 0.4) is 0 Å². The molecule has 0 aliphatic carbocycles. The number of nitrogens with zero attached hydrogens (tertiary/aromatic N) is 2. The summed E-state index contributed by atoms with van der Waals surface area (Å²) in [6.07, 6.45) is 0. The van der Waals surface area contributed by atoms with Crippen LogP contribution in [0, 0.1) is 6.92 Å². The third-order valence-electron chi connectivity index (χ3n) is 3.26. The van der Waals surface area contributed by atoms with Crippen LogP contribution >= 0.6 is 15.9 Å². The molecule has 0 N–H and O–H groups in total. The minimum atomic E-state index is -0.463. The van der Waals surface area contributed by atoms with Crippen LogP contribution in [0.4, 0.5) is 0 Å². The van der Waals surface area contributed by atoms with Gasteiger partial charge in [-0.3, -0.25) is 0 Å². The number of halogens is 1. The van der Waals surface area contributed by atoms with Crippen LogP contribution in [0.25, 0.3) is 11.3 Å². The Balaban J connectivity index is 1.73. The summed E-state index contributed by atoms with van der Waals surface area (Å²) in [5.74, 6) is -0.288. The normalized spacial score (nSPS) is 10.3. The zero-order valence-electron chi connectivity index (χ0n) is 12.4. The minimum Gasteiger partial charge on any atom is -0.402 e. The fourth-order valence-electron chi connectivity index (χ4n) is 1.99. The second kappa shape index (κ2) is 6.71. The van der Waals surface area contributed by atoms with Crippen molar-refractivity contribution < 1.29 is 9.53 Å². The van der Waals surface area contributed by atoms with Crippen molar-refractivity contribution in [3.8, 4) is 17.1 Å². The van der Waals surface area contributed by atoms with E-state index in [1.54, 1.807) is 36.4 Å². The highest BCUT2D eigenvalue weighted by atomic mass is 79.9. The van der Waals surface area contributed by atoms with Crippen molar-refractivity contribution in [1.82, 2.24) is 10.2 Å². The van der Waals surface area contributed by atoms with Gasteiger partial charge in [0, 0.05) is 16.1 Å². The summed E-state index contributed by atoms with van der Waals surface area (Å²) < 4.78 is 6.12. The number of benzene rings is 2. The molecule has 2 aromatic carbocycles. The minimum absolute atomic E-state index is 0.175. The van der Waals surface area contributed by atoms with E-state index in [-0.39, 0.29) is 5.88 Å². The lowest BCUT2D eigenvalue weighted by Gasteiger charge is -2.04. The van der Waals surface area contributed by atoms with E-state index in [2.05, 4.69) is 26.1 Å². The number of carbonyl (C=O) groups is 1. The third-order valence-corrected chi connectivity index (χ3v) is 3.79. The average molecular weight is 369 g/mol. The van der Waals surface area contributed by atoms with Crippen LogP contribution in [-0.4, -0.2) is 16.2 Å². The molecule has 4 nitrogen and oxygen atoms in total. The summed E-state index contributed by atoms with van der Waals surface area (Å²) in [7, 11) is 0. The number of hydrogen-bond donors (Lipinski definition) is 0. The topological polar surface area (TPSA) is 52.1 Å². The Morgan fingerprint density at radius 3 is 2.22 bits per heavy atom. The van der Waals surface area contributed by atoms with E-state index in [0.29, 0.717) is 5.56 Å². The highest BCUT2D eigenvalue weighted by Crippen LogP contribution is 2.19. The van der Waals surface area contributed by atoms with Gasteiger partial charge in [-0.15, -0.1) is 10.2 Å². The van der Waals surface area contributed by atoms with Gasteiger partial charge in [-0.05, 0) is 37.3 Å². The van der Waals surface area contributed by atoms with E-state index in [4.69, 9.17) is 4.74 Å². The molecule has 0 aliphatic rings. The second-order valence-corrected chi connectivity index (χ2v) is 5.93. The molecule has 3 aromatic rings. The van der Waals surface area contributed by atoms with Crippen LogP contribution < -0.4 is 4.74 Å². The Morgan fingerprint density at radius 1 is 0.913 bits per heavy atom. The highest BCUT2D eigenvalue weighted by molar-refractivity contribution is 9.10. The van der Waals surface area contributed by atoms with E-state index < -0.39 is 5.97 Å². The Morgan fingerprint density at radius 2 is 1.61 bits per heavy atom. The van der Waals surface area contributed by atoms with Crippen LogP contribution in [-0.2, 0) is 0 Å². The number of hydrogen-bond acceptors (Lipinski definition) is 4.